The van der Waals surface area contributed by atoms with E-state index in [4.69, 9.17) is 12.2 Å². The molecule has 7 heteroatoms. The van der Waals surface area contributed by atoms with Crippen molar-refractivity contribution in [3.8, 4) is 0 Å². The van der Waals surface area contributed by atoms with E-state index in [0.717, 1.165) is 61.5 Å². The van der Waals surface area contributed by atoms with Gasteiger partial charge in [-0.1, -0.05) is 43.3 Å². The summed E-state index contributed by atoms with van der Waals surface area (Å²) in [5.74, 6) is 0.0175. The maximum absolute atomic E-state index is 13.6. The van der Waals surface area contributed by atoms with Gasteiger partial charge in [0.2, 0.25) is 5.91 Å². The zero-order valence-electron chi connectivity index (χ0n) is 15.5. The molecule has 28 heavy (non-hydrogen) atoms. The Kier molecular flexibility index (Phi) is 5.34. The third-order valence-electron chi connectivity index (χ3n) is 5.33. The lowest BCUT2D eigenvalue weighted by molar-refractivity contribution is -0.133. The summed E-state index contributed by atoms with van der Waals surface area (Å²) in [7, 11) is 0. The molecular weight excluding hydrogens is 372 g/mol. The van der Waals surface area contributed by atoms with Gasteiger partial charge in [-0.2, -0.15) is 5.10 Å². The van der Waals surface area contributed by atoms with E-state index < -0.39 is 6.04 Å². The van der Waals surface area contributed by atoms with Crippen LogP contribution in [0.2, 0.25) is 0 Å². The molecule has 1 N–H and O–H groups in total. The molecule has 2 aromatic heterocycles. The average molecular weight is 394 g/mol. The van der Waals surface area contributed by atoms with Gasteiger partial charge in [-0.3, -0.25) is 14.7 Å². The Hall–Kier alpha value is -2.80. The molecule has 3 aromatic rings. The van der Waals surface area contributed by atoms with Crippen LogP contribution in [0, 0.1) is 4.64 Å². The van der Waals surface area contributed by atoms with Crippen molar-refractivity contribution in [1.82, 2.24) is 19.7 Å². The number of hydrogen-bond acceptors (Lipinski definition) is 4. The highest BCUT2D eigenvalue weighted by atomic mass is 32.1. The van der Waals surface area contributed by atoms with E-state index in [9.17, 15) is 9.59 Å². The molecule has 1 amide bonds. The summed E-state index contributed by atoms with van der Waals surface area (Å²) >= 11 is 5.69. The number of rotatable bonds is 4. The molecule has 1 fully saturated rings. The number of carbonyl (C=O) groups is 2. The van der Waals surface area contributed by atoms with Gasteiger partial charge in [0.25, 0.3) is 0 Å². The first kappa shape index (κ1) is 18.6. The molecule has 0 saturated carbocycles. The summed E-state index contributed by atoms with van der Waals surface area (Å²) in [5.41, 5.74) is 2.14. The van der Waals surface area contributed by atoms with E-state index in [1.165, 1.54) is 0 Å². The molecule has 1 unspecified atom stereocenters. The molecule has 6 nitrogen and oxygen atoms in total. The number of hydrogen-bond donors (Lipinski definition) is 1. The second kappa shape index (κ2) is 8.06. The van der Waals surface area contributed by atoms with Crippen LogP contribution >= 0.6 is 12.2 Å². The van der Waals surface area contributed by atoms with Gasteiger partial charge in [0.05, 0.1) is 17.1 Å². The number of fused-ring (bicyclic) bond motifs is 1. The van der Waals surface area contributed by atoms with Crippen molar-refractivity contribution in [2.24, 2.45) is 0 Å². The van der Waals surface area contributed by atoms with E-state index in [-0.39, 0.29) is 5.91 Å². The zero-order chi connectivity index (χ0) is 19.5. The number of likely N-dealkylation sites (tertiary alicyclic amines) is 1. The molecular formula is C21H22N4O2S. The molecule has 144 valence electrons. The van der Waals surface area contributed by atoms with Crippen molar-refractivity contribution in [2.75, 3.05) is 13.1 Å². The van der Waals surface area contributed by atoms with Crippen molar-refractivity contribution >= 4 is 35.3 Å². The summed E-state index contributed by atoms with van der Waals surface area (Å²) < 4.78 is 2.38. The highest BCUT2D eigenvalue weighted by Crippen LogP contribution is 2.26. The number of nitrogens with one attached hydrogen (secondary N) is 1. The minimum absolute atomic E-state index is 0.0175. The molecule has 1 atom stereocenters. The topological polar surface area (TPSA) is 71.0 Å². The monoisotopic (exact) mass is 394 g/mol. The molecule has 0 aliphatic carbocycles. The van der Waals surface area contributed by atoms with Gasteiger partial charge in [0, 0.05) is 24.8 Å². The van der Waals surface area contributed by atoms with Crippen LogP contribution in [0.5, 0.6) is 0 Å². The molecule has 4 rings (SSSR count). The van der Waals surface area contributed by atoms with Crippen molar-refractivity contribution in [3.63, 3.8) is 0 Å². The predicted molar refractivity (Wildman–Crippen MR) is 110 cm³/mol. The summed E-state index contributed by atoms with van der Waals surface area (Å²) in [5, 5.41) is 7.78. The summed E-state index contributed by atoms with van der Waals surface area (Å²) in [6.07, 6.45) is 8.64. The van der Waals surface area contributed by atoms with E-state index >= 15 is 0 Å². The predicted octanol–water partition coefficient (Wildman–Crippen LogP) is 3.90. The number of pyridine rings is 1. The fourth-order valence-electron chi connectivity index (χ4n) is 3.85. The third-order valence-corrected chi connectivity index (χ3v) is 5.76. The number of aromatic nitrogens is 3. The minimum atomic E-state index is -0.607. The van der Waals surface area contributed by atoms with Gasteiger partial charge < -0.3 is 9.47 Å². The Labute approximate surface area is 168 Å². The lowest BCUT2D eigenvalue weighted by atomic mass is 10.0. The molecule has 1 saturated heterocycles. The van der Waals surface area contributed by atoms with Gasteiger partial charge in [-0.05, 0) is 30.5 Å². The standard InChI is InChI=1S/C21H22N4O2S/c26-14-15-6-5-7-16(12-15)19(20(27)24-9-3-1-2-4-10-24)25-11-8-18-17(21(25)28)13-22-23-18/h5-8,11-14,19H,1-4,9-10H2,(H,22,23). The maximum atomic E-state index is 13.6. The van der Waals surface area contributed by atoms with Gasteiger partial charge in [-0.15, -0.1) is 0 Å². The van der Waals surface area contributed by atoms with Crippen LogP contribution in [-0.4, -0.2) is 44.9 Å². The maximum Gasteiger partial charge on any atom is 0.250 e. The number of carbonyl (C=O) groups excluding carboxylic acids is 2. The number of amides is 1. The Morgan fingerprint density at radius 2 is 1.96 bits per heavy atom. The molecule has 0 bridgehead atoms. The molecule has 1 aromatic carbocycles. The number of H-pyrrole nitrogens is 1. The summed E-state index contributed by atoms with van der Waals surface area (Å²) in [6, 6.07) is 8.47. The van der Waals surface area contributed by atoms with Gasteiger partial charge in [-0.25, -0.2) is 0 Å². The minimum Gasteiger partial charge on any atom is -0.341 e. The van der Waals surface area contributed by atoms with E-state index in [1.807, 2.05) is 33.9 Å². The smallest absolute Gasteiger partial charge is 0.250 e. The quantitative estimate of drug-likeness (QED) is 0.538. The lowest BCUT2D eigenvalue weighted by Crippen LogP contribution is -2.38. The highest BCUT2D eigenvalue weighted by molar-refractivity contribution is 7.71. The Balaban J connectivity index is 1.84. The number of benzene rings is 1. The molecule has 0 radical (unpaired) electrons. The van der Waals surface area contributed by atoms with Crippen molar-refractivity contribution in [1.29, 1.82) is 0 Å². The van der Waals surface area contributed by atoms with Crippen molar-refractivity contribution in [2.45, 2.75) is 31.7 Å². The fourth-order valence-corrected chi connectivity index (χ4v) is 4.18. The Morgan fingerprint density at radius 1 is 1.18 bits per heavy atom. The van der Waals surface area contributed by atoms with Crippen LogP contribution in [0.3, 0.4) is 0 Å². The number of aromatic amines is 1. The Bertz CT molecular complexity index is 1060. The van der Waals surface area contributed by atoms with E-state index in [0.29, 0.717) is 10.2 Å². The van der Waals surface area contributed by atoms with Crippen LogP contribution in [0.4, 0.5) is 0 Å². The highest BCUT2D eigenvalue weighted by Gasteiger charge is 2.28. The van der Waals surface area contributed by atoms with E-state index in [1.54, 1.807) is 18.3 Å². The molecule has 1 aliphatic heterocycles. The van der Waals surface area contributed by atoms with Gasteiger partial charge >= 0.3 is 0 Å². The molecule has 0 spiro atoms. The molecule has 1 aliphatic rings. The second-order valence-corrected chi connectivity index (χ2v) is 7.54. The first-order valence-corrected chi connectivity index (χ1v) is 9.98. The van der Waals surface area contributed by atoms with Crippen molar-refractivity contribution in [3.05, 3.63) is 58.5 Å². The van der Waals surface area contributed by atoms with Crippen LogP contribution in [0.25, 0.3) is 10.9 Å². The van der Waals surface area contributed by atoms with Crippen LogP contribution in [-0.2, 0) is 4.79 Å². The van der Waals surface area contributed by atoms with E-state index in [2.05, 4.69) is 10.2 Å². The SMILES string of the molecule is O=Cc1cccc(C(C(=O)N2CCCCCC2)n2ccc3[nH]ncc3c2=S)c1. The third kappa shape index (κ3) is 3.49. The first-order valence-electron chi connectivity index (χ1n) is 9.57. The van der Waals surface area contributed by atoms with Gasteiger partial charge in [0.15, 0.2) is 0 Å². The number of nitrogens with zero attached hydrogens (tertiary/aromatic N) is 3. The lowest BCUT2D eigenvalue weighted by Gasteiger charge is -2.28. The largest absolute Gasteiger partial charge is 0.341 e. The Morgan fingerprint density at radius 3 is 2.71 bits per heavy atom. The second-order valence-electron chi connectivity index (χ2n) is 7.16. The normalized spacial score (nSPS) is 15.9. The fraction of sp³-hybridized carbons (Fsp3) is 0.333. The first-order chi connectivity index (χ1) is 13.7. The van der Waals surface area contributed by atoms with Gasteiger partial charge in [0.1, 0.15) is 17.0 Å². The van der Waals surface area contributed by atoms with Crippen LogP contribution < -0.4 is 0 Å². The molecule has 3 heterocycles. The summed E-state index contributed by atoms with van der Waals surface area (Å²) in [4.78, 5) is 26.9. The summed E-state index contributed by atoms with van der Waals surface area (Å²) in [6.45, 7) is 1.51. The van der Waals surface area contributed by atoms with Crippen LogP contribution in [0.15, 0.2) is 42.7 Å². The average Bonchev–Trinajstić information content (AvgIpc) is 3.04. The zero-order valence-corrected chi connectivity index (χ0v) is 16.3. The number of aldehydes is 1. The van der Waals surface area contributed by atoms with Crippen LogP contribution in [0.1, 0.15) is 47.6 Å². The van der Waals surface area contributed by atoms with Crippen molar-refractivity contribution < 1.29 is 9.59 Å².